The summed E-state index contributed by atoms with van der Waals surface area (Å²) in [7, 11) is 0. The summed E-state index contributed by atoms with van der Waals surface area (Å²) in [6, 6.07) is 2.11. The molecule has 15 heavy (non-hydrogen) atoms. The van der Waals surface area contributed by atoms with E-state index in [9.17, 15) is 4.79 Å². The van der Waals surface area contributed by atoms with Crippen LogP contribution in [0.2, 0.25) is 0 Å². The summed E-state index contributed by atoms with van der Waals surface area (Å²) in [5, 5.41) is 8.79. The van der Waals surface area contributed by atoms with E-state index in [0.717, 1.165) is 0 Å². The van der Waals surface area contributed by atoms with Gasteiger partial charge < -0.3 is 14.4 Å². The molecular formula is C10H16N2O3. The number of carbonyl (C=O) groups is 1. The zero-order valence-corrected chi connectivity index (χ0v) is 9.10. The van der Waals surface area contributed by atoms with Gasteiger partial charge in [0.2, 0.25) is 0 Å². The smallest absolute Gasteiger partial charge is 0.410 e. The molecule has 1 aliphatic rings. The highest BCUT2D eigenvalue weighted by molar-refractivity contribution is 5.67. The van der Waals surface area contributed by atoms with Gasteiger partial charge in [-0.05, 0) is 13.8 Å². The minimum absolute atomic E-state index is 0.137. The molecule has 1 aliphatic heterocycles. The van der Waals surface area contributed by atoms with E-state index >= 15 is 0 Å². The van der Waals surface area contributed by atoms with Crippen molar-refractivity contribution >= 4 is 6.09 Å². The summed E-state index contributed by atoms with van der Waals surface area (Å²) in [4.78, 5) is 13.1. The molecule has 1 rings (SSSR count). The predicted molar refractivity (Wildman–Crippen MR) is 53.1 cm³/mol. The second-order valence-electron chi connectivity index (χ2n) is 3.78. The predicted octanol–water partition coefficient (Wildman–Crippen LogP) is 1.00. The van der Waals surface area contributed by atoms with Gasteiger partial charge in [-0.3, -0.25) is 0 Å². The van der Waals surface area contributed by atoms with Crippen LogP contribution >= 0.6 is 0 Å². The van der Waals surface area contributed by atoms with Gasteiger partial charge >= 0.3 is 6.09 Å². The fraction of sp³-hybridized carbons (Fsp3) is 0.800. The Hall–Kier alpha value is -1.28. The van der Waals surface area contributed by atoms with Crippen molar-refractivity contribution in [1.29, 1.82) is 5.26 Å². The summed E-state index contributed by atoms with van der Waals surface area (Å²) >= 11 is 0. The van der Waals surface area contributed by atoms with Gasteiger partial charge in [0.25, 0.3) is 0 Å². The van der Waals surface area contributed by atoms with Crippen LogP contribution in [0.5, 0.6) is 0 Å². The van der Waals surface area contributed by atoms with Crippen molar-refractivity contribution in [2.45, 2.75) is 20.0 Å². The van der Waals surface area contributed by atoms with E-state index in [4.69, 9.17) is 14.7 Å². The Morgan fingerprint density at radius 3 is 3.00 bits per heavy atom. The van der Waals surface area contributed by atoms with Crippen molar-refractivity contribution in [1.82, 2.24) is 4.90 Å². The average Bonchev–Trinajstić information content (AvgIpc) is 2.41. The van der Waals surface area contributed by atoms with Gasteiger partial charge in [-0.25, -0.2) is 4.79 Å². The Kier molecular flexibility index (Phi) is 4.37. The molecule has 1 fully saturated rings. The van der Waals surface area contributed by atoms with E-state index in [-0.39, 0.29) is 18.1 Å². The molecule has 84 valence electrons. The highest BCUT2D eigenvalue weighted by atomic mass is 16.6. The molecule has 0 radical (unpaired) electrons. The van der Waals surface area contributed by atoms with Crippen LogP contribution in [-0.2, 0) is 9.47 Å². The van der Waals surface area contributed by atoms with Crippen molar-refractivity contribution in [3.8, 4) is 6.07 Å². The fourth-order valence-corrected chi connectivity index (χ4v) is 1.33. The highest BCUT2D eigenvalue weighted by Gasteiger charge is 2.23. The molecule has 5 heteroatoms. The SMILES string of the molecule is CC(C)OC(=O)N1CCOCC(C#N)C1. The van der Waals surface area contributed by atoms with E-state index in [2.05, 4.69) is 6.07 Å². The van der Waals surface area contributed by atoms with Crippen LogP contribution in [0.15, 0.2) is 0 Å². The molecule has 1 amide bonds. The molecular weight excluding hydrogens is 196 g/mol. The monoisotopic (exact) mass is 212 g/mol. The molecule has 0 aromatic carbocycles. The van der Waals surface area contributed by atoms with Crippen molar-refractivity contribution in [2.75, 3.05) is 26.3 Å². The van der Waals surface area contributed by atoms with Gasteiger partial charge in [0.15, 0.2) is 0 Å². The number of amides is 1. The third kappa shape index (κ3) is 3.76. The Morgan fingerprint density at radius 2 is 2.40 bits per heavy atom. The number of nitriles is 1. The highest BCUT2D eigenvalue weighted by Crippen LogP contribution is 2.08. The van der Waals surface area contributed by atoms with E-state index in [1.54, 1.807) is 13.8 Å². The largest absolute Gasteiger partial charge is 0.447 e. The minimum Gasteiger partial charge on any atom is -0.447 e. The van der Waals surface area contributed by atoms with Gasteiger partial charge in [-0.1, -0.05) is 0 Å². The molecule has 0 saturated carbocycles. The molecule has 0 aromatic heterocycles. The van der Waals surface area contributed by atoms with Crippen LogP contribution in [0.25, 0.3) is 0 Å². The number of carbonyl (C=O) groups excluding carboxylic acids is 1. The molecule has 5 nitrogen and oxygen atoms in total. The maximum atomic E-state index is 11.6. The molecule has 1 saturated heterocycles. The Bertz CT molecular complexity index is 260. The van der Waals surface area contributed by atoms with E-state index < -0.39 is 0 Å². The zero-order chi connectivity index (χ0) is 11.3. The maximum Gasteiger partial charge on any atom is 0.410 e. The molecule has 0 spiro atoms. The Balaban J connectivity index is 2.52. The lowest BCUT2D eigenvalue weighted by Crippen LogP contribution is -2.37. The number of nitrogens with zero attached hydrogens (tertiary/aromatic N) is 2. The van der Waals surface area contributed by atoms with Crippen molar-refractivity contribution in [2.24, 2.45) is 5.92 Å². The zero-order valence-electron chi connectivity index (χ0n) is 9.10. The molecule has 0 N–H and O–H groups in total. The van der Waals surface area contributed by atoms with Crippen LogP contribution in [0.1, 0.15) is 13.8 Å². The quantitative estimate of drug-likeness (QED) is 0.650. The minimum atomic E-state index is -0.365. The lowest BCUT2D eigenvalue weighted by molar-refractivity contribution is 0.0739. The summed E-state index contributed by atoms with van der Waals surface area (Å²) in [5.74, 6) is -0.257. The molecule has 1 heterocycles. The lowest BCUT2D eigenvalue weighted by Gasteiger charge is -2.21. The van der Waals surface area contributed by atoms with Gasteiger partial charge in [0.05, 0.1) is 31.3 Å². The Morgan fingerprint density at radius 1 is 1.67 bits per heavy atom. The van der Waals surface area contributed by atoms with E-state index in [1.165, 1.54) is 4.90 Å². The van der Waals surface area contributed by atoms with Gasteiger partial charge in [-0.15, -0.1) is 0 Å². The topological polar surface area (TPSA) is 62.6 Å². The maximum absolute atomic E-state index is 11.6. The molecule has 1 unspecified atom stereocenters. The first-order valence-electron chi connectivity index (χ1n) is 5.06. The number of rotatable bonds is 1. The molecule has 0 aliphatic carbocycles. The first-order chi connectivity index (χ1) is 7.13. The van der Waals surface area contributed by atoms with Crippen LogP contribution in [-0.4, -0.2) is 43.4 Å². The summed E-state index contributed by atoms with van der Waals surface area (Å²) in [5.41, 5.74) is 0. The molecule has 1 atom stereocenters. The Labute approximate surface area is 89.6 Å². The summed E-state index contributed by atoms with van der Waals surface area (Å²) in [6.07, 6.45) is -0.502. The first-order valence-corrected chi connectivity index (χ1v) is 5.06. The lowest BCUT2D eigenvalue weighted by atomic mass is 10.2. The third-order valence-corrected chi connectivity index (χ3v) is 2.04. The van der Waals surface area contributed by atoms with Crippen LogP contribution in [0, 0.1) is 17.2 Å². The van der Waals surface area contributed by atoms with Gasteiger partial charge in [0.1, 0.15) is 0 Å². The average molecular weight is 212 g/mol. The van der Waals surface area contributed by atoms with E-state index in [0.29, 0.717) is 26.3 Å². The van der Waals surface area contributed by atoms with Crippen molar-refractivity contribution in [3.05, 3.63) is 0 Å². The standard InChI is InChI=1S/C10H16N2O3/c1-8(2)15-10(13)12-3-4-14-7-9(5-11)6-12/h8-9H,3-4,6-7H2,1-2H3. The van der Waals surface area contributed by atoms with Crippen LogP contribution in [0.3, 0.4) is 0 Å². The van der Waals surface area contributed by atoms with Crippen molar-refractivity contribution < 1.29 is 14.3 Å². The van der Waals surface area contributed by atoms with Crippen molar-refractivity contribution in [3.63, 3.8) is 0 Å². The number of hydrogen-bond acceptors (Lipinski definition) is 4. The van der Waals surface area contributed by atoms with Gasteiger partial charge in [0, 0.05) is 13.1 Å². The second-order valence-corrected chi connectivity index (χ2v) is 3.78. The summed E-state index contributed by atoms with van der Waals surface area (Å²) in [6.45, 7) is 5.33. The normalized spacial score (nSPS) is 22.0. The number of hydrogen-bond donors (Lipinski definition) is 0. The first kappa shape index (κ1) is 11.8. The third-order valence-electron chi connectivity index (χ3n) is 2.04. The number of ether oxygens (including phenoxy) is 2. The fourth-order valence-electron chi connectivity index (χ4n) is 1.33. The van der Waals surface area contributed by atoms with Crippen LogP contribution < -0.4 is 0 Å². The van der Waals surface area contributed by atoms with Crippen LogP contribution in [0.4, 0.5) is 4.79 Å². The van der Waals surface area contributed by atoms with E-state index in [1.807, 2.05) is 0 Å². The molecule has 0 aromatic rings. The molecule has 0 bridgehead atoms. The van der Waals surface area contributed by atoms with Gasteiger partial charge in [-0.2, -0.15) is 5.26 Å². The summed E-state index contributed by atoms with van der Waals surface area (Å²) < 4.78 is 10.3. The second kappa shape index (κ2) is 5.56.